The Morgan fingerprint density at radius 2 is 1.97 bits per heavy atom. The second kappa shape index (κ2) is 9.75. The molecule has 2 aromatic heterocycles. The zero-order valence-electron chi connectivity index (χ0n) is 18.0. The van der Waals surface area contributed by atoms with E-state index in [1.165, 1.54) is 0 Å². The van der Waals surface area contributed by atoms with Crippen LogP contribution >= 0.6 is 11.6 Å². The van der Waals surface area contributed by atoms with Crippen molar-refractivity contribution in [3.8, 4) is 0 Å². The summed E-state index contributed by atoms with van der Waals surface area (Å²) >= 11 is 6.10. The van der Waals surface area contributed by atoms with Gasteiger partial charge < -0.3 is 24.4 Å². The van der Waals surface area contributed by atoms with Crippen LogP contribution < -0.4 is 5.32 Å². The van der Waals surface area contributed by atoms with Gasteiger partial charge >= 0.3 is 12.0 Å². The molecule has 0 unspecified atom stereocenters. The van der Waals surface area contributed by atoms with Gasteiger partial charge in [-0.25, -0.2) is 9.59 Å². The maximum absolute atomic E-state index is 13.2. The minimum absolute atomic E-state index is 0.261. The third kappa shape index (κ3) is 5.30. The van der Waals surface area contributed by atoms with Crippen LogP contribution in [0, 0.1) is 20.8 Å². The molecule has 0 spiro atoms. The average Bonchev–Trinajstić information content (AvgIpc) is 3.33. The molecule has 7 nitrogen and oxygen atoms in total. The normalized spacial score (nSPS) is 10.7. The lowest BCUT2D eigenvalue weighted by Crippen LogP contribution is -2.34. The van der Waals surface area contributed by atoms with Gasteiger partial charge in [0.2, 0.25) is 0 Å². The summed E-state index contributed by atoms with van der Waals surface area (Å²) in [7, 11) is 0. The molecule has 3 rings (SSSR count). The smallest absolute Gasteiger partial charge is 0.355 e. The Morgan fingerprint density at radius 3 is 2.65 bits per heavy atom. The highest BCUT2D eigenvalue weighted by molar-refractivity contribution is 6.31. The van der Waals surface area contributed by atoms with Crippen molar-refractivity contribution in [3.63, 3.8) is 0 Å². The number of hydrogen-bond acceptors (Lipinski definition) is 4. The minimum Gasteiger partial charge on any atom is -0.467 e. The fourth-order valence-corrected chi connectivity index (χ4v) is 3.51. The number of H-pyrrole nitrogens is 1. The Morgan fingerprint density at radius 1 is 1.19 bits per heavy atom. The third-order valence-corrected chi connectivity index (χ3v) is 5.31. The molecule has 3 aromatic rings. The highest BCUT2D eigenvalue weighted by Crippen LogP contribution is 2.24. The lowest BCUT2D eigenvalue weighted by atomic mass is 10.1. The van der Waals surface area contributed by atoms with Crippen molar-refractivity contribution in [1.29, 1.82) is 0 Å². The molecule has 2 heterocycles. The lowest BCUT2D eigenvalue weighted by Gasteiger charge is -2.23. The number of benzene rings is 1. The van der Waals surface area contributed by atoms with Gasteiger partial charge in [-0.15, -0.1) is 0 Å². The predicted octanol–water partition coefficient (Wildman–Crippen LogP) is 5.60. The van der Waals surface area contributed by atoms with Crippen LogP contribution in [0.2, 0.25) is 5.02 Å². The van der Waals surface area contributed by atoms with E-state index in [-0.39, 0.29) is 25.7 Å². The number of hydrogen-bond donors (Lipinski definition) is 2. The molecule has 0 saturated heterocycles. The summed E-state index contributed by atoms with van der Waals surface area (Å²) < 4.78 is 10.6. The van der Waals surface area contributed by atoms with Crippen LogP contribution in [-0.2, 0) is 17.8 Å². The Kier molecular flexibility index (Phi) is 7.07. The maximum atomic E-state index is 13.2. The summed E-state index contributed by atoms with van der Waals surface area (Å²) in [5.74, 6) is 0.236. The summed E-state index contributed by atoms with van der Waals surface area (Å²) in [6, 6.07) is 8.62. The van der Waals surface area contributed by atoms with E-state index < -0.39 is 5.97 Å². The molecule has 0 aliphatic heterocycles. The number of esters is 1. The number of ether oxygens (including phenoxy) is 1. The number of furan rings is 1. The molecule has 0 fully saturated rings. The van der Waals surface area contributed by atoms with Crippen LogP contribution in [0.3, 0.4) is 0 Å². The Balaban J connectivity index is 1.88. The maximum Gasteiger partial charge on any atom is 0.355 e. The van der Waals surface area contributed by atoms with Crippen LogP contribution in [0.25, 0.3) is 0 Å². The standard InChI is InChI=1S/C23H26ClN3O4/c1-5-30-22(28)21-15(3)19(16(4)25-21)13-27(12-18-7-6-10-31-18)23(29)26-20-11-17(24)9-8-14(20)2/h6-11,25H,5,12-13H2,1-4H3,(H,26,29). The third-order valence-electron chi connectivity index (χ3n) is 5.08. The lowest BCUT2D eigenvalue weighted by molar-refractivity contribution is 0.0519. The molecule has 2 amide bonds. The van der Waals surface area contributed by atoms with Gasteiger partial charge in [-0.2, -0.15) is 0 Å². The monoisotopic (exact) mass is 443 g/mol. The van der Waals surface area contributed by atoms with E-state index in [0.29, 0.717) is 22.2 Å². The molecule has 0 radical (unpaired) electrons. The van der Waals surface area contributed by atoms with Crippen molar-refractivity contribution < 1.29 is 18.7 Å². The first-order chi connectivity index (χ1) is 14.8. The first kappa shape index (κ1) is 22.5. The van der Waals surface area contributed by atoms with Crippen LogP contribution in [0.15, 0.2) is 41.0 Å². The Hall–Kier alpha value is -3.19. The molecule has 0 aliphatic carbocycles. The fraction of sp³-hybridized carbons (Fsp3) is 0.304. The van der Waals surface area contributed by atoms with E-state index in [1.54, 1.807) is 36.3 Å². The number of nitrogens with zero attached hydrogens (tertiary/aromatic N) is 1. The van der Waals surface area contributed by atoms with Crippen LogP contribution in [0.1, 0.15) is 45.6 Å². The van der Waals surface area contributed by atoms with Gasteiger partial charge in [0.05, 0.1) is 19.4 Å². The molecule has 0 aliphatic rings. The molecule has 0 atom stereocenters. The number of anilines is 1. The second-order valence-electron chi connectivity index (χ2n) is 7.27. The molecule has 0 bridgehead atoms. The summed E-state index contributed by atoms with van der Waals surface area (Å²) in [6.45, 7) is 8.20. The summed E-state index contributed by atoms with van der Waals surface area (Å²) in [6.07, 6.45) is 1.57. The SMILES string of the molecule is CCOC(=O)c1[nH]c(C)c(CN(Cc2ccco2)C(=O)Nc2cc(Cl)ccc2C)c1C. The topological polar surface area (TPSA) is 87.6 Å². The van der Waals surface area contributed by atoms with Gasteiger partial charge in [-0.05, 0) is 68.7 Å². The number of rotatable bonds is 7. The predicted molar refractivity (Wildman–Crippen MR) is 119 cm³/mol. The molecule has 1 aromatic carbocycles. The summed E-state index contributed by atoms with van der Waals surface area (Å²) in [5.41, 5.74) is 4.35. The molecule has 164 valence electrons. The van der Waals surface area contributed by atoms with Crippen LogP contribution in [-0.4, -0.2) is 28.5 Å². The zero-order chi connectivity index (χ0) is 22.5. The van der Waals surface area contributed by atoms with Gasteiger partial charge in [-0.3, -0.25) is 0 Å². The molecule has 2 N–H and O–H groups in total. The van der Waals surface area contributed by atoms with Crippen LogP contribution in [0.4, 0.5) is 10.5 Å². The Bertz CT molecular complexity index is 1070. The Labute approximate surface area is 186 Å². The van der Waals surface area contributed by atoms with Crippen molar-refractivity contribution in [2.45, 2.75) is 40.8 Å². The number of aryl methyl sites for hydroxylation is 2. The largest absolute Gasteiger partial charge is 0.467 e. The molecule has 0 saturated carbocycles. The van der Waals surface area contributed by atoms with Gasteiger partial charge in [0.25, 0.3) is 0 Å². The number of nitrogens with one attached hydrogen (secondary N) is 2. The average molecular weight is 444 g/mol. The molecular formula is C23H26ClN3O4. The van der Waals surface area contributed by atoms with Crippen LogP contribution in [0.5, 0.6) is 0 Å². The number of amides is 2. The van der Waals surface area contributed by atoms with E-state index in [9.17, 15) is 9.59 Å². The summed E-state index contributed by atoms with van der Waals surface area (Å²) in [4.78, 5) is 30.2. The number of urea groups is 1. The number of carbonyl (C=O) groups excluding carboxylic acids is 2. The number of aromatic amines is 1. The zero-order valence-corrected chi connectivity index (χ0v) is 18.8. The second-order valence-corrected chi connectivity index (χ2v) is 7.71. The van der Waals surface area contributed by atoms with E-state index in [1.807, 2.05) is 32.9 Å². The molecular weight excluding hydrogens is 418 g/mol. The van der Waals surface area contributed by atoms with Gasteiger partial charge in [0, 0.05) is 22.9 Å². The first-order valence-electron chi connectivity index (χ1n) is 9.99. The van der Waals surface area contributed by atoms with Gasteiger partial charge in [-0.1, -0.05) is 17.7 Å². The minimum atomic E-state index is -0.411. The van der Waals surface area contributed by atoms with Crippen molar-refractivity contribution in [1.82, 2.24) is 9.88 Å². The number of halogens is 1. The number of carbonyl (C=O) groups is 2. The summed E-state index contributed by atoms with van der Waals surface area (Å²) in [5, 5.41) is 3.47. The quantitative estimate of drug-likeness (QED) is 0.465. The van der Waals surface area contributed by atoms with E-state index in [0.717, 1.165) is 22.4 Å². The van der Waals surface area contributed by atoms with Gasteiger partial charge in [0.1, 0.15) is 11.5 Å². The van der Waals surface area contributed by atoms with E-state index in [4.69, 9.17) is 20.8 Å². The van der Waals surface area contributed by atoms with Gasteiger partial charge in [0.15, 0.2) is 0 Å². The molecule has 31 heavy (non-hydrogen) atoms. The van der Waals surface area contributed by atoms with E-state index >= 15 is 0 Å². The highest BCUT2D eigenvalue weighted by atomic mass is 35.5. The van der Waals surface area contributed by atoms with Crippen molar-refractivity contribution in [2.24, 2.45) is 0 Å². The molecule has 8 heteroatoms. The number of aromatic nitrogens is 1. The van der Waals surface area contributed by atoms with E-state index in [2.05, 4.69) is 10.3 Å². The van der Waals surface area contributed by atoms with Crippen molar-refractivity contribution in [3.05, 3.63) is 75.5 Å². The van der Waals surface area contributed by atoms with Crippen molar-refractivity contribution in [2.75, 3.05) is 11.9 Å². The first-order valence-corrected chi connectivity index (χ1v) is 10.4. The van der Waals surface area contributed by atoms with Crippen molar-refractivity contribution >= 4 is 29.3 Å². The highest BCUT2D eigenvalue weighted by Gasteiger charge is 2.23. The fourth-order valence-electron chi connectivity index (χ4n) is 3.34.